The third-order valence-corrected chi connectivity index (χ3v) is 9.98. The Bertz CT molecular complexity index is 961. The smallest absolute Gasteiger partial charge is 0.198 e. The van der Waals surface area contributed by atoms with Crippen molar-refractivity contribution < 1.29 is 4.79 Å². The van der Waals surface area contributed by atoms with Crippen molar-refractivity contribution in [3.63, 3.8) is 0 Å². The Kier molecular flexibility index (Phi) is 4.93. The molecule has 0 bridgehead atoms. The maximum atomic E-state index is 13.3. The van der Waals surface area contributed by atoms with Crippen LogP contribution in [0.1, 0.15) is 58.8 Å². The van der Waals surface area contributed by atoms with Crippen LogP contribution in [0.4, 0.5) is 0 Å². The number of fused-ring (bicyclic) bond motifs is 5. The standard InChI is InChI=1S/C26H30N2OS/c1-25-12-10-17(16-27)15-18(25)6-7-19-20-8-9-22(26(20,2)13-11-21(19)25)24(29)30-23-5-3-4-14-28-23/h3-6,14-15,19-22H,7-13H2,1-2H3/t19-,20-,21-,22+,25-,26-/m0/s1. The van der Waals surface area contributed by atoms with E-state index < -0.39 is 0 Å². The lowest BCUT2D eigenvalue weighted by atomic mass is 9.48. The largest absolute Gasteiger partial charge is 0.286 e. The Morgan fingerprint density at radius 3 is 2.83 bits per heavy atom. The van der Waals surface area contributed by atoms with Gasteiger partial charge in [0.1, 0.15) is 5.03 Å². The fraction of sp³-hybridized carbons (Fsp3) is 0.577. The number of nitriles is 1. The highest BCUT2D eigenvalue weighted by Gasteiger charge is 2.59. The molecule has 1 aromatic heterocycles. The Labute approximate surface area is 184 Å². The number of carbonyl (C=O) groups excluding carboxylic acids is 1. The van der Waals surface area contributed by atoms with Crippen molar-refractivity contribution in [1.82, 2.24) is 4.98 Å². The number of allylic oxidation sites excluding steroid dienone is 4. The normalized spacial score (nSPS) is 39.6. The minimum Gasteiger partial charge on any atom is -0.286 e. The van der Waals surface area contributed by atoms with Crippen LogP contribution >= 0.6 is 11.8 Å². The van der Waals surface area contributed by atoms with E-state index in [9.17, 15) is 10.1 Å². The molecule has 4 heteroatoms. The van der Waals surface area contributed by atoms with Crippen molar-refractivity contribution in [3.8, 4) is 6.07 Å². The zero-order chi connectivity index (χ0) is 20.9. The van der Waals surface area contributed by atoms with Crippen LogP contribution in [0.5, 0.6) is 0 Å². The number of rotatable bonds is 2. The van der Waals surface area contributed by atoms with E-state index in [2.05, 4.69) is 37.1 Å². The van der Waals surface area contributed by atoms with E-state index in [1.807, 2.05) is 18.2 Å². The van der Waals surface area contributed by atoms with Gasteiger partial charge < -0.3 is 0 Å². The van der Waals surface area contributed by atoms with Crippen LogP contribution < -0.4 is 0 Å². The summed E-state index contributed by atoms with van der Waals surface area (Å²) >= 11 is 1.34. The van der Waals surface area contributed by atoms with Crippen molar-refractivity contribution in [2.75, 3.05) is 0 Å². The van der Waals surface area contributed by atoms with Crippen molar-refractivity contribution >= 4 is 16.9 Å². The lowest BCUT2D eigenvalue weighted by molar-refractivity contribution is -0.120. The number of carbonyl (C=O) groups is 1. The van der Waals surface area contributed by atoms with Crippen LogP contribution in [0.3, 0.4) is 0 Å². The van der Waals surface area contributed by atoms with Crippen LogP contribution in [0.25, 0.3) is 0 Å². The summed E-state index contributed by atoms with van der Waals surface area (Å²) < 4.78 is 0. The first-order valence-electron chi connectivity index (χ1n) is 11.4. The summed E-state index contributed by atoms with van der Waals surface area (Å²) in [4.78, 5) is 17.6. The van der Waals surface area contributed by atoms with Gasteiger partial charge in [-0.3, -0.25) is 4.79 Å². The number of hydrogen-bond donors (Lipinski definition) is 0. The second kappa shape index (κ2) is 7.38. The third-order valence-electron chi connectivity index (χ3n) is 9.04. The molecule has 1 heterocycles. The SMILES string of the molecule is C[C@]12CC[C@H]3[C@@H](CC=C4C=C(C#N)CC[C@@]43C)[C@@H]1CC[C@@H]2C(=O)Sc1ccccn1. The Morgan fingerprint density at radius 1 is 1.20 bits per heavy atom. The number of aromatic nitrogens is 1. The minimum atomic E-state index is 0.115. The van der Waals surface area contributed by atoms with Crippen LogP contribution in [0, 0.1) is 45.8 Å². The molecule has 0 saturated heterocycles. The highest BCUT2D eigenvalue weighted by atomic mass is 32.2. The lowest BCUT2D eigenvalue weighted by Gasteiger charge is -2.56. The van der Waals surface area contributed by atoms with Crippen molar-refractivity contribution in [1.29, 1.82) is 5.26 Å². The number of hydrogen-bond acceptors (Lipinski definition) is 4. The third kappa shape index (κ3) is 3.01. The van der Waals surface area contributed by atoms with Gasteiger partial charge in [0.15, 0.2) is 5.12 Å². The summed E-state index contributed by atoms with van der Waals surface area (Å²) in [5.41, 5.74) is 2.67. The second-order valence-corrected chi connectivity index (χ2v) is 11.3. The van der Waals surface area contributed by atoms with Gasteiger partial charge in [0, 0.05) is 17.7 Å². The second-order valence-electron chi connectivity index (χ2n) is 10.2. The average molecular weight is 419 g/mol. The first kappa shape index (κ1) is 20.1. The van der Waals surface area contributed by atoms with Crippen molar-refractivity contribution in [2.45, 2.75) is 63.8 Å². The summed E-state index contributed by atoms with van der Waals surface area (Å²) in [6, 6.07) is 8.17. The van der Waals surface area contributed by atoms with Crippen LogP contribution in [0.15, 0.2) is 52.7 Å². The molecule has 0 N–H and O–H groups in total. The summed E-state index contributed by atoms with van der Waals surface area (Å²) in [6.45, 7) is 4.84. The van der Waals surface area contributed by atoms with E-state index in [-0.39, 0.29) is 16.7 Å². The molecule has 0 spiro atoms. The molecule has 2 saturated carbocycles. The van der Waals surface area contributed by atoms with E-state index in [0.717, 1.165) is 42.7 Å². The van der Waals surface area contributed by atoms with Gasteiger partial charge in [-0.15, -0.1) is 0 Å². The van der Waals surface area contributed by atoms with E-state index in [1.165, 1.54) is 30.2 Å². The summed E-state index contributed by atoms with van der Waals surface area (Å²) in [6.07, 6.45) is 14.1. The Hall–Kier alpha value is -1.86. The monoisotopic (exact) mass is 418 g/mol. The molecule has 0 aliphatic heterocycles. The van der Waals surface area contributed by atoms with E-state index in [1.54, 1.807) is 6.20 Å². The Balaban J connectivity index is 1.39. The maximum absolute atomic E-state index is 13.3. The molecule has 0 aromatic carbocycles. The quantitative estimate of drug-likeness (QED) is 0.526. The van der Waals surface area contributed by atoms with Gasteiger partial charge in [-0.25, -0.2) is 4.98 Å². The topological polar surface area (TPSA) is 53.8 Å². The fourth-order valence-electron chi connectivity index (χ4n) is 7.38. The molecule has 5 rings (SSSR count). The van der Waals surface area contributed by atoms with Gasteiger partial charge in [0.05, 0.1) is 6.07 Å². The van der Waals surface area contributed by atoms with Gasteiger partial charge in [-0.1, -0.05) is 26.0 Å². The first-order valence-corrected chi connectivity index (χ1v) is 12.2. The Morgan fingerprint density at radius 2 is 2.07 bits per heavy atom. The maximum Gasteiger partial charge on any atom is 0.198 e. The van der Waals surface area contributed by atoms with Crippen molar-refractivity contribution in [3.05, 3.63) is 47.7 Å². The van der Waals surface area contributed by atoms with Gasteiger partial charge in [0.25, 0.3) is 0 Å². The van der Waals surface area contributed by atoms with Crippen LogP contribution in [-0.4, -0.2) is 10.1 Å². The molecule has 1 aromatic rings. The molecule has 0 radical (unpaired) electrons. The van der Waals surface area contributed by atoms with Gasteiger partial charge in [-0.05, 0) is 109 Å². The van der Waals surface area contributed by atoms with Crippen LogP contribution in [0.2, 0.25) is 0 Å². The van der Waals surface area contributed by atoms with Gasteiger partial charge in [-0.2, -0.15) is 5.26 Å². The van der Waals surface area contributed by atoms with E-state index in [4.69, 9.17) is 0 Å². The molecule has 4 aliphatic carbocycles. The highest BCUT2D eigenvalue weighted by Crippen LogP contribution is 2.66. The highest BCUT2D eigenvalue weighted by molar-refractivity contribution is 8.13. The molecule has 30 heavy (non-hydrogen) atoms. The zero-order valence-corrected chi connectivity index (χ0v) is 18.8. The molecule has 4 aliphatic rings. The van der Waals surface area contributed by atoms with E-state index >= 15 is 0 Å². The van der Waals surface area contributed by atoms with Crippen LogP contribution in [-0.2, 0) is 4.79 Å². The lowest BCUT2D eigenvalue weighted by Crippen LogP contribution is -2.49. The molecule has 6 atom stereocenters. The summed E-state index contributed by atoms with van der Waals surface area (Å²) in [7, 11) is 0. The zero-order valence-electron chi connectivity index (χ0n) is 17.9. The molecule has 0 amide bonds. The predicted molar refractivity (Wildman–Crippen MR) is 119 cm³/mol. The van der Waals surface area contributed by atoms with Gasteiger partial charge >= 0.3 is 0 Å². The summed E-state index contributed by atoms with van der Waals surface area (Å²) in [5.74, 6) is 2.13. The molecular formula is C26H30N2OS. The minimum absolute atomic E-state index is 0.115. The number of pyridine rings is 1. The molecule has 0 unspecified atom stereocenters. The number of thioether (sulfide) groups is 1. The summed E-state index contributed by atoms with van der Waals surface area (Å²) in [5, 5.41) is 10.5. The molecule has 3 nitrogen and oxygen atoms in total. The average Bonchev–Trinajstić information content (AvgIpc) is 3.11. The number of nitrogens with zero attached hydrogens (tertiary/aromatic N) is 2. The first-order chi connectivity index (χ1) is 14.5. The van der Waals surface area contributed by atoms with E-state index in [0.29, 0.717) is 22.9 Å². The van der Waals surface area contributed by atoms with Gasteiger partial charge in [0.2, 0.25) is 0 Å². The van der Waals surface area contributed by atoms with Crippen molar-refractivity contribution in [2.24, 2.45) is 34.5 Å². The predicted octanol–water partition coefficient (Wildman–Crippen LogP) is 6.34. The fourth-order valence-corrected chi connectivity index (χ4v) is 8.38. The molecular weight excluding hydrogens is 388 g/mol. The molecule has 156 valence electrons. The molecule has 2 fully saturated rings.